The van der Waals surface area contributed by atoms with Gasteiger partial charge in [-0.05, 0) is 18.9 Å². The summed E-state index contributed by atoms with van der Waals surface area (Å²) in [6.45, 7) is 0. The van der Waals surface area contributed by atoms with Crippen molar-refractivity contribution in [3.05, 3.63) is 54.1 Å². The van der Waals surface area contributed by atoms with Gasteiger partial charge in [-0.15, -0.1) is 0 Å². The predicted octanol–water partition coefficient (Wildman–Crippen LogP) is 3.92. The summed E-state index contributed by atoms with van der Waals surface area (Å²) in [6.07, 6.45) is 6.79. The quantitative estimate of drug-likeness (QED) is 0.352. The van der Waals surface area contributed by atoms with Crippen molar-refractivity contribution in [2.45, 2.75) is 31.7 Å². The van der Waals surface area contributed by atoms with Gasteiger partial charge in [0.15, 0.2) is 11.5 Å². The molecule has 0 bridgehead atoms. The molecule has 1 aromatic carbocycles. The van der Waals surface area contributed by atoms with E-state index < -0.39 is 17.5 Å². The van der Waals surface area contributed by atoms with Gasteiger partial charge in [-0.3, -0.25) is 11.7 Å². The van der Waals surface area contributed by atoms with Gasteiger partial charge in [-0.2, -0.15) is 0 Å². The molecule has 8 nitrogen and oxygen atoms in total. The van der Waals surface area contributed by atoms with E-state index in [9.17, 15) is 13.2 Å². The number of hydrogen-bond acceptors (Lipinski definition) is 7. The summed E-state index contributed by atoms with van der Waals surface area (Å²) in [4.78, 5) is 17.6. The van der Waals surface area contributed by atoms with Crippen LogP contribution in [0.25, 0.3) is 33.9 Å². The molecule has 4 aromatic rings. The third kappa shape index (κ3) is 4.24. The summed E-state index contributed by atoms with van der Waals surface area (Å²) in [6, 6.07) is 4.80. The molecule has 1 aliphatic carbocycles. The Morgan fingerprint density at radius 1 is 0.970 bits per heavy atom. The van der Waals surface area contributed by atoms with E-state index in [1.807, 2.05) is 0 Å². The Morgan fingerprint density at radius 2 is 1.67 bits per heavy atom. The molecule has 3 aromatic heterocycles. The van der Waals surface area contributed by atoms with E-state index in [-0.39, 0.29) is 17.4 Å². The SMILES string of the molecule is COc1ccc(-c2ncc3nc(-c4c(F)cc(F)cc4F)n(C4CCCC4)c3n2)cn1.NN. The monoisotopic (exact) mass is 457 g/mol. The van der Waals surface area contributed by atoms with E-state index in [2.05, 4.69) is 31.6 Å². The van der Waals surface area contributed by atoms with E-state index >= 15 is 0 Å². The fourth-order valence-electron chi connectivity index (χ4n) is 4.10. The average molecular weight is 457 g/mol. The summed E-state index contributed by atoms with van der Waals surface area (Å²) in [5, 5.41) is 0. The minimum Gasteiger partial charge on any atom is -0.481 e. The molecule has 172 valence electrons. The number of aromatic nitrogens is 5. The van der Waals surface area contributed by atoms with Crippen LogP contribution in [0.4, 0.5) is 13.2 Å². The van der Waals surface area contributed by atoms with Crippen LogP contribution in [-0.4, -0.2) is 31.6 Å². The molecule has 0 saturated heterocycles. The zero-order valence-corrected chi connectivity index (χ0v) is 17.8. The second-order valence-electron chi connectivity index (χ2n) is 7.48. The lowest BCUT2D eigenvalue weighted by atomic mass is 10.1. The van der Waals surface area contributed by atoms with Gasteiger partial charge in [0.2, 0.25) is 5.88 Å². The predicted molar refractivity (Wildman–Crippen MR) is 116 cm³/mol. The summed E-state index contributed by atoms with van der Waals surface area (Å²) >= 11 is 0. The van der Waals surface area contributed by atoms with Gasteiger partial charge in [0.25, 0.3) is 0 Å². The van der Waals surface area contributed by atoms with Crippen molar-refractivity contribution in [2.75, 3.05) is 7.11 Å². The standard InChI is InChI=1S/C22H18F3N5O.H4N2/c1-31-18-7-6-12(10-26-18)20-27-11-17-21(29-20)30(14-4-2-3-5-14)22(28-17)19-15(24)8-13(23)9-16(19)25;1-2/h6-11,14H,2-5H2,1H3;1-2H2. The van der Waals surface area contributed by atoms with Crippen LogP contribution in [0.5, 0.6) is 5.88 Å². The molecule has 0 unspecified atom stereocenters. The number of halogens is 3. The van der Waals surface area contributed by atoms with E-state index in [4.69, 9.17) is 4.74 Å². The zero-order valence-electron chi connectivity index (χ0n) is 17.8. The number of nitrogens with zero attached hydrogens (tertiary/aromatic N) is 5. The largest absolute Gasteiger partial charge is 0.481 e. The van der Waals surface area contributed by atoms with E-state index in [1.54, 1.807) is 22.9 Å². The molecule has 0 aliphatic heterocycles. The summed E-state index contributed by atoms with van der Waals surface area (Å²) in [5.74, 6) is 5.99. The van der Waals surface area contributed by atoms with Gasteiger partial charge < -0.3 is 9.30 Å². The van der Waals surface area contributed by atoms with Crippen molar-refractivity contribution < 1.29 is 17.9 Å². The fraction of sp³-hybridized carbons (Fsp3) is 0.273. The van der Waals surface area contributed by atoms with Crippen molar-refractivity contribution in [3.63, 3.8) is 0 Å². The summed E-state index contributed by atoms with van der Waals surface area (Å²) in [7, 11) is 1.53. The number of imidazole rings is 1. The molecule has 3 heterocycles. The molecule has 4 N–H and O–H groups in total. The van der Waals surface area contributed by atoms with Crippen molar-refractivity contribution >= 4 is 11.2 Å². The van der Waals surface area contributed by atoms with Gasteiger partial charge in [0.1, 0.15) is 28.8 Å². The normalized spacial score (nSPS) is 13.8. The zero-order chi connectivity index (χ0) is 23.5. The van der Waals surface area contributed by atoms with Crippen molar-refractivity contribution in [2.24, 2.45) is 11.7 Å². The van der Waals surface area contributed by atoms with E-state index in [1.165, 1.54) is 13.3 Å². The molecule has 1 fully saturated rings. The molecule has 11 heteroatoms. The van der Waals surface area contributed by atoms with Crippen LogP contribution in [0.3, 0.4) is 0 Å². The maximum Gasteiger partial charge on any atom is 0.212 e. The topological polar surface area (TPSA) is 118 Å². The highest BCUT2D eigenvalue weighted by molar-refractivity contribution is 5.79. The highest BCUT2D eigenvalue weighted by Gasteiger charge is 2.28. The number of fused-ring (bicyclic) bond motifs is 1. The molecule has 0 atom stereocenters. The molecule has 5 rings (SSSR count). The number of nitrogens with two attached hydrogens (primary N) is 2. The van der Waals surface area contributed by atoms with Gasteiger partial charge in [-0.1, -0.05) is 12.8 Å². The molecule has 0 radical (unpaired) electrons. The highest BCUT2D eigenvalue weighted by Crippen LogP contribution is 2.38. The molecule has 1 aliphatic rings. The molecule has 0 spiro atoms. The van der Waals surface area contributed by atoms with Crippen LogP contribution < -0.4 is 16.4 Å². The van der Waals surface area contributed by atoms with Crippen molar-refractivity contribution in [3.8, 4) is 28.7 Å². The molecular weight excluding hydrogens is 435 g/mol. The number of hydrogen-bond donors (Lipinski definition) is 2. The lowest BCUT2D eigenvalue weighted by molar-refractivity contribution is 0.398. The first-order valence-corrected chi connectivity index (χ1v) is 10.3. The molecule has 33 heavy (non-hydrogen) atoms. The third-order valence-corrected chi connectivity index (χ3v) is 5.56. The molecule has 0 amide bonds. The summed E-state index contributed by atoms with van der Waals surface area (Å²) < 4.78 is 49.6. The first-order chi connectivity index (χ1) is 16.0. The number of pyridine rings is 1. The van der Waals surface area contributed by atoms with Crippen LogP contribution >= 0.6 is 0 Å². The number of rotatable bonds is 4. The van der Waals surface area contributed by atoms with Crippen LogP contribution in [-0.2, 0) is 0 Å². The maximum absolute atomic E-state index is 14.6. The summed E-state index contributed by atoms with van der Waals surface area (Å²) in [5.41, 5.74) is 1.20. The second kappa shape index (κ2) is 9.51. The van der Waals surface area contributed by atoms with Gasteiger partial charge >= 0.3 is 0 Å². The van der Waals surface area contributed by atoms with Crippen molar-refractivity contribution in [1.82, 2.24) is 24.5 Å². The first kappa shape index (κ1) is 22.6. The highest BCUT2D eigenvalue weighted by atomic mass is 19.1. The van der Waals surface area contributed by atoms with Crippen LogP contribution in [0.1, 0.15) is 31.7 Å². The number of hydrazine groups is 1. The Bertz CT molecular complexity index is 1250. The Balaban J connectivity index is 0.00000126. The first-order valence-electron chi connectivity index (χ1n) is 10.3. The Kier molecular flexibility index (Phi) is 6.52. The Morgan fingerprint density at radius 3 is 2.27 bits per heavy atom. The van der Waals surface area contributed by atoms with Crippen LogP contribution in [0.15, 0.2) is 36.7 Å². The van der Waals surface area contributed by atoms with Crippen molar-refractivity contribution in [1.29, 1.82) is 0 Å². The minimum atomic E-state index is -1.00. The Labute approximate surface area is 187 Å². The van der Waals surface area contributed by atoms with Gasteiger partial charge in [0.05, 0.1) is 18.9 Å². The average Bonchev–Trinajstić information content (AvgIpc) is 3.47. The lowest BCUT2D eigenvalue weighted by Crippen LogP contribution is -2.09. The van der Waals surface area contributed by atoms with Gasteiger partial charge in [-0.25, -0.2) is 33.1 Å². The molecule has 1 saturated carbocycles. The molecular formula is C22H22F3N7O. The Hall–Kier alpha value is -3.57. The van der Waals surface area contributed by atoms with Crippen LogP contribution in [0, 0.1) is 17.5 Å². The number of benzene rings is 1. The minimum absolute atomic E-state index is 0.0133. The van der Waals surface area contributed by atoms with E-state index in [0.717, 1.165) is 25.7 Å². The van der Waals surface area contributed by atoms with E-state index in [0.29, 0.717) is 40.6 Å². The smallest absolute Gasteiger partial charge is 0.212 e. The van der Waals surface area contributed by atoms with Crippen LogP contribution in [0.2, 0.25) is 0 Å². The number of methoxy groups -OCH3 is 1. The fourth-order valence-corrected chi connectivity index (χ4v) is 4.10. The number of ether oxygens (including phenoxy) is 1. The lowest BCUT2D eigenvalue weighted by Gasteiger charge is -2.16. The maximum atomic E-state index is 14.6. The second-order valence-corrected chi connectivity index (χ2v) is 7.48. The third-order valence-electron chi connectivity index (χ3n) is 5.56. The van der Waals surface area contributed by atoms with Gasteiger partial charge in [0, 0.05) is 36.0 Å².